The average Bonchev–Trinajstić information content (AvgIpc) is 2.30. The molecule has 4 nitrogen and oxygen atoms in total. The van der Waals surface area contributed by atoms with E-state index in [4.69, 9.17) is 9.05 Å². The molecule has 5 heteroatoms. The third-order valence-corrected chi connectivity index (χ3v) is 4.97. The molecule has 0 bridgehead atoms. The summed E-state index contributed by atoms with van der Waals surface area (Å²) in [7, 11) is -3.59. The van der Waals surface area contributed by atoms with Crippen LogP contribution in [0.3, 0.4) is 0 Å². The first-order valence-electron chi connectivity index (χ1n) is 5.65. The molecule has 1 atom stereocenters. The van der Waals surface area contributed by atoms with E-state index in [1.54, 1.807) is 38.1 Å². The molecule has 17 heavy (non-hydrogen) atoms. The fourth-order valence-corrected chi connectivity index (χ4v) is 3.26. The van der Waals surface area contributed by atoms with Crippen molar-refractivity contribution in [3.63, 3.8) is 0 Å². The zero-order valence-corrected chi connectivity index (χ0v) is 11.3. The van der Waals surface area contributed by atoms with Crippen molar-refractivity contribution in [2.45, 2.75) is 26.1 Å². The van der Waals surface area contributed by atoms with Crippen molar-refractivity contribution >= 4 is 7.60 Å². The molecular formula is C12H19O4P. The third-order valence-electron chi connectivity index (χ3n) is 2.45. The molecule has 0 radical (unpaired) electrons. The SMILES string of the molecule is CCOP(=O)(OCC)[C@](C)(O)c1ccccc1. The molecule has 0 saturated heterocycles. The monoisotopic (exact) mass is 258 g/mol. The van der Waals surface area contributed by atoms with Crippen LogP contribution in [0.25, 0.3) is 0 Å². The van der Waals surface area contributed by atoms with Crippen molar-refractivity contribution in [3.8, 4) is 0 Å². The van der Waals surface area contributed by atoms with Gasteiger partial charge in [-0.15, -0.1) is 0 Å². The molecule has 1 aromatic rings. The van der Waals surface area contributed by atoms with Crippen LogP contribution < -0.4 is 0 Å². The Balaban J connectivity index is 3.13. The van der Waals surface area contributed by atoms with Gasteiger partial charge in [0.2, 0.25) is 0 Å². The second kappa shape index (κ2) is 5.78. The van der Waals surface area contributed by atoms with Gasteiger partial charge in [-0.05, 0) is 26.3 Å². The van der Waals surface area contributed by atoms with E-state index in [0.29, 0.717) is 5.56 Å². The molecule has 0 aliphatic rings. The summed E-state index contributed by atoms with van der Waals surface area (Å²) in [4.78, 5) is 0. The van der Waals surface area contributed by atoms with Gasteiger partial charge in [0.1, 0.15) is 0 Å². The lowest BCUT2D eigenvalue weighted by atomic mass is 10.1. The van der Waals surface area contributed by atoms with Gasteiger partial charge in [-0.1, -0.05) is 30.3 Å². The van der Waals surface area contributed by atoms with Gasteiger partial charge < -0.3 is 14.2 Å². The second-order valence-corrected chi connectivity index (χ2v) is 6.10. The van der Waals surface area contributed by atoms with Crippen LogP contribution in [0.4, 0.5) is 0 Å². The first-order valence-corrected chi connectivity index (χ1v) is 7.19. The molecule has 0 saturated carbocycles. The lowest BCUT2D eigenvalue weighted by Gasteiger charge is -2.31. The second-order valence-electron chi connectivity index (χ2n) is 3.72. The number of rotatable bonds is 6. The summed E-state index contributed by atoms with van der Waals surface area (Å²) in [6, 6.07) is 8.76. The molecule has 0 fully saturated rings. The van der Waals surface area contributed by atoms with Crippen LogP contribution in [-0.4, -0.2) is 18.3 Å². The molecule has 1 rings (SSSR count). The van der Waals surface area contributed by atoms with Gasteiger partial charge in [0.05, 0.1) is 13.2 Å². The van der Waals surface area contributed by atoms with Crippen molar-refractivity contribution < 1.29 is 18.7 Å². The number of benzene rings is 1. The Morgan fingerprint density at radius 1 is 1.18 bits per heavy atom. The number of aliphatic hydroxyl groups is 1. The smallest absolute Gasteiger partial charge is 0.366 e. The molecule has 0 aromatic heterocycles. The van der Waals surface area contributed by atoms with Crippen LogP contribution in [0, 0.1) is 0 Å². The molecule has 0 unspecified atom stereocenters. The zero-order chi connectivity index (χ0) is 12.9. The molecule has 96 valence electrons. The first-order chi connectivity index (χ1) is 7.98. The van der Waals surface area contributed by atoms with Gasteiger partial charge in [-0.2, -0.15) is 0 Å². The van der Waals surface area contributed by atoms with Crippen molar-refractivity contribution in [3.05, 3.63) is 35.9 Å². The molecule has 1 aromatic carbocycles. The van der Waals surface area contributed by atoms with Crippen molar-refractivity contribution in [1.29, 1.82) is 0 Å². The van der Waals surface area contributed by atoms with E-state index < -0.39 is 12.9 Å². The maximum atomic E-state index is 12.5. The van der Waals surface area contributed by atoms with Crippen LogP contribution in [-0.2, 0) is 19.0 Å². The van der Waals surface area contributed by atoms with Gasteiger partial charge in [0.15, 0.2) is 5.34 Å². The Hall–Kier alpha value is -0.670. The van der Waals surface area contributed by atoms with E-state index in [2.05, 4.69) is 0 Å². The molecule has 0 amide bonds. The van der Waals surface area contributed by atoms with E-state index in [1.165, 1.54) is 6.92 Å². The maximum Gasteiger partial charge on any atom is 0.366 e. The van der Waals surface area contributed by atoms with Gasteiger partial charge >= 0.3 is 7.60 Å². The van der Waals surface area contributed by atoms with Gasteiger partial charge in [0.25, 0.3) is 0 Å². The van der Waals surface area contributed by atoms with Crippen LogP contribution in [0.15, 0.2) is 30.3 Å². The summed E-state index contributed by atoms with van der Waals surface area (Å²) in [6.07, 6.45) is 0. The Kier molecular flexibility index (Phi) is 4.90. The topological polar surface area (TPSA) is 55.8 Å². The summed E-state index contributed by atoms with van der Waals surface area (Å²) in [5.41, 5.74) is 0.519. The highest BCUT2D eigenvalue weighted by Crippen LogP contribution is 2.63. The van der Waals surface area contributed by atoms with Crippen LogP contribution in [0.2, 0.25) is 0 Å². The lowest BCUT2D eigenvalue weighted by molar-refractivity contribution is 0.0802. The van der Waals surface area contributed by atoms with E-state index in [0.717, 1.165) is 0 Å². The summed E-state index contributed by atoms with van der Waals surface area (Å²) in [5, 5.41) is 8.82. The first kappa shape index (κ1) is 14.4. The summed E-state index contributed by atoms with van der Waals surface area (Å²) >= 11 is 0. The van der Waals surface area contributed by atoms with E-state index in [-0.39, 0.29) is 13.2 Å². The quantitative estimate of drug-likeness (QED) is 0.796. The van der Waals surface area contributed by atoms with Crippen LogP contribution in [0.5, 0.6) is 0 Å². The summed E-state index contributed by atoms with van der Waals surface area (Å²) in [6.45, 7) is 5.33. The molecule has 0 spiro atoms. The third kappa shape index (κ3) is 2.96. The maximum absolute atomic E-state index is 12.5. The van der Waals surface area contributed by atoms with Crippen molar-refractivity contribution in [2.75, 3.05) is 13.2 Å². The Morgan fingerprint density at radius 3 is 2.06 bits per heavy atom. The highest BCUT2D eigenvalue weighted by Gasteiger charge is 2.47. The Labute approximate surface area is 102 Å². The fourth-order valence-electron chi connectivity index (χ4n) is 1.54. The van der Waals surface area contributed by atoms with E-state index in [1.807, 2.05) is 6.07 Å². The van der Waals surface area contributed by atoms with E-state index >= 15 is 0 Å². The van der Waals surface area contributed by atoms with E-state index in [9.17, 15) is 9.67 Å². The largest absolute Gasteiger partial charge is 0.373 e. The van der Waals surface area contributed by atoms with Crippen molar-refractivity contribution in [2.24, 2.45) is 0 Å². The predicted molar refractivity (Wildman–Crippen MR) is 66.9 cm³/mol. The molecule has 0 heterocycles. The minimum atomic E-state index is -3.59. The normalized spacial score (nSPS) is 15.5. The number of hydrogen-bond acceptors (Lipinski definition) is 4. The van der Waals surface area contributed by atoms with Gasteiger partial charge in [0, 0.05) is 0 Å². The fraction of sp³-hybridized carbons (Fsp3) is 0.500. The highest BCUT2D eigenvalue weighted by atomic mass is 31.2. The standard InChI is InChI=1S/C12H19O4P/c1-4-15-17(14,16-5-2)12(3,13)11-9-7-6-8-10-11/h6-10,13H,4-5H2,1-3H3/t12-/m0/s1. The average molecular weight is 258 g/mol. The van der Waals surface area contributed by atoms with Crippen LogP contribution >= 0.6 is 7.60 Å². The molecule has 0 aliphatic heterocycles. The summed E-state index contributed by atoms with van der Waals surface area (Å²) in [5.74, 6) is 0. The van der Waals surface area contributed by atoms with Crippen LogP contribution in [0.1, 0.15) is 26.3 Å². The minimum absolute atomic E-state index is 0.222. The predicted octanol–water partition coefficient (Wildman–Crippen LogP) is 3.12. The zero-order valence-electron chi connectivity index (χ0n) is 10.4. The van der Waals surface area contributed by atoms with Gasteiger partial charge in [-0.3, -0.25) is 4.57 Å². The molecular weight excluding hydrogens is 239 g/mol. The molecule has 1 N–H and O–H groups in total. The highest BCUT2D eigenvalue weighted by molar-refractivity contribution is 7.54. The Morgan fingerprint density at radius 2 is 1.65 bits per heavy atom. The lowest BCUT2D eigenvalue weighted by Crippen LogP contribution is -2.24. The Bertz CT molecular complexity index is 379. The van der Waals surface area contributed by atoms with Crippen molar-refractivity contribution in [1.82, 2.24) is 0 Å². The minimum Gasteiger partial charge on any atom is -0.373 e. The van der Waals surface area contributed by atoms with Gasteiger partial charge in [-0.25, -0.2) is 0 Å². The number of hydrogen-bond donors (Lipinski definition) is 1. The molecule has 0 aliphatic carbocycles. The summed E-state index contributed by atoms with van der Waals surface area (Å²) < 4.78 is 22.9.